The van der Waals surface area contributed by atoms with Crippen molar-refractivity contribution in [2.45, 2.75) is 12.8 Å². The molecule has 0 saturated carbocycles. The highest BCUT2D eigenvalue weighted by Crippen LogP contribution is 1.93. The van der Waals surface area contributed by atoms with Crippen molar-refractivity contribution in [1.82, 2.24) is 0 Å². The van der Waals surface area contributed by atoms with Gasteiger partial charge in [0, 0.05) is 12.4 Å². The highest BCUT2D eigenvalue weighted by Gasteiger charge is 1.85. The minimum Gasteiger partial charge on any atom is -0.381 e. The molecule has 2 heteroatoms. The van der Waals surface area contributed by atoms with E-state index in [0.717, 1.165) is 31.8 Å². The van der Waals surface area contributed by atoms with Crippen molar-refractivity contribution in [2.24, 2.45) is 0 Å². The summed E-state index contributed by atoms with van der Waals surface area (Å²) in [6, 6.07) is 0. The Bertz CT molecular complexity index is 73.7. The second-order valence-electron chi connectivity index (χ2n) is 2.04. The zero-order valence-corrected chi connectivity index (χ0v) is 7.45. The van der Waals surface area contributed by atoms with Gasteiger partial charge in [-0.1, -0.05) is 6.08 Å². The van der Waals surface area contributed by atoms with Gasteiger partial charge in [-0.15, -0.1) is 6.58 Å². The molecule has 0 heterocycles. The van der Waals surface area contributed by atoms with Crippen molar-refractivity contribution in [3.8, 4) is 0 Å². The Morgan fingerprint density at radius 2 is 2.30 bits per heavy atom. The van der Waals surface area contributed by atoms with E-state index in [1.807, 2.05) is 17.8 Å². The Morgan fingerprint density at radius 3 is 2.90 bits per heavy atom. The second-order valence-corrected chi connectivity index (χ2v) is 3.02. The SMILES string of the molecule is C=CCCCOCCSC. The lowest BCUT2D eigenvalue weighted by molar-refractivity contribution is 0.148. The van der Waals surface area contributed by atoms with Crippen LogP contribution in [0.4, 0.5) is 0 Å². The van der Waals surface area contributed by atoms with E-state index in [1.54, 1.807) is 0 Å². The Hall–Kier alpha value is 0.0500. The van der Waals surface area contributed by atoms with Gasteiger partial charge in [-0.05, 0) is 19.1 Å². The fourth-order valence-electron chi connectivity index (χ4n) is 0.574. The molecule has 0 aromatic carbocycles. The van der Waals surface area contributed by atoms with Crippen molar-refractivity contribution < 1.29 is 4.74 Å². The van der Waals surface area contributed by atoms with Gasteiger partial charge >= 0.3 is 0 Å². The molecule has 0 spiro atoms. The van der Waals surface area contributed by atoms with Crippen LogP contribution in [-0.2, 0) is 4.74 Å². The summed E-state index contributed by atoms with van der Waals surface area (Å²) < 4.78 is 5.31. The third-order valence-electron chi connectivity index (χ3n) is 1.13. The highest BCUT2D eigenvalue weighted by atomic mass is 32.2. The average molecular weight is 160 g/mol. The van der Waals surface area contributed by atoms with E-state index in [1.165, 1.54) is 0 Å². The minimum absolute atomic E-state index is 0.882. The van der Waals surface area contributed by atoms with E-state index in [4.69, 9.17) is 4.74 Å². The lowest BCUT2D eigenvalue weighted by atomic mass is 10.3. The molecule has 0 aliphatic heterocycles. The van der Waals surface area contributed by atoms with E-state index in [-0.39, 0.29) is 0 Å². The fraction of sp³-hybridized carbons (Fsp3) is 0.750. The molecule has 0 atom stereocenters. The number of hydrogen-bond donors (Lipinski definition) is 0. The summed E-state index contributed by atoms with van der Waals surface area (Å²) in [5.41, 5.74) is 0. The third-order valence-corrected chi connectivity index (χ3v) is 1.70. The van der Waals surface area contributed by atoms with Crippen LogP contribution in [0.15, 0.2) is 12.7 Å². The molecule has 0 N–H and O–H groups in total. The van der Waals surface area contributed by atoms with Crippen LogP contribution in [0.2, 0.25) is 0 Å². The van der Waals surface area contributed by atoms with Crippen LogP contribution in [0, 0.1) is 0 Å². The Kier molecular flexibility index (Phi) is 9.10. The first kappa shape index (κ1) is 10.0. The molecule has 1 nitrogen and oxygen atoms in total. The summed E-state index contributed by atoms with van der Waals surface area (Å²) in [7, 11) is 0. The first-order chi connectivity index (χ1) is 4.91. The van der Waals surface area contributed by atoms with Crippen molar-refractivity contribution in [1.29, 1.82) is 0 Å². The van der Waals surface area contributed by atoms with Gasteiger partial charge in [0.25, 0.3) is 0 Å². The van der Waals surface area contributed by atoms with Crippen LogP contribution in [0.1, 0.15) is 12.8 Å². The Balaban J connectivity index is 2.70. The molecule has 60 valence electrons. The zero-order chi connectivity index (χ0) is 7.66. The van der Waals surface area contributed by atoms with E-state index < -0.39 is 0 Å². The highest BCUT2D eigenvalue weighted by molar-refractivity contribution is 7.98. The molecule has 0 radical (unpaired) electrons. The molecule has 0 aliphatic carbocycles. The first-order valence-corrected chi connectivity index (χ1v) is 4.98. The number of rotatable bonds is 7. The first-order valence-electron chi connectivity index (χ1n) is 3.59. The second kappa shape index (κ2) is 9.05. The summed E-state index contributed by atoms with van der Waals surface area (Å²) in [5.74, 6) is 1.11. The predicted molar refractivity (Wildman–Crippen MR) is 48.6 cm³/mol. The summed E-state index contributed by atoms with van der Waals surface area (Å²) in [6.07, 6.45) is 6.20. The molecular weight excluding hydrogens is 144 g/mol. The fourth-order valence-corrected chi connectivity index (χ4v) is 0.859. The molecule has 0 aliphatic rings. The predicted octanol–water partition coefficient (Wildman–Crippen LogP) is 2.33. The van der Waals surface area contributed by atoms with Crippen LogP contribution >= 0.6 is 11.8 Å². The molecule has 0 fully saturated rings. The van der Waals surface area contributed by atoms with Gasteiger partial charge in [0.1, 0.15) is 0 Å². The van der Waals surface area contributed by atoms with Gasteiger partial charge in [0.05, 0.1) is 6.61 Å². The number of hydrogen-bond acceptors (Lipinski definition) is 2. The lowest BCUT2D eigenvalue weighted by Gasteiger charge is -1.99. The molecule has 0 bridgehead atoms. The van der Waals surface area contributed by atoms with Gasteiger partial charge in [0.2, 0.25) is 0 Å². The standard InChI is InChI=1S/C8H16OS/c1-3-4-5-6-9-7-8-10-2/h3H,1,4-8H2,2H3. The van der Waals surface area contributed by atoms with Gasteiger partial charge in [-0.25, -0.2) is 0 Å². The van der Waals surface area contributed by atoms with Crippen molar-refractivity contribution in [3.63, 3.8) is 0 Å². The maximum atomic E-state index is 5.31. The lowest BCUT2D eigenvalue weighted by Crippen LogP contribution is -1.98. The van der Waals surface area contributed by atoms with Crippen LogP contribution in [0.25, 0.3) is 0 Å². The normalized spacial score (nSPS) is 9.70. The summed E-state index contributed by atoms with van der Waals surface area (Å²) in [4.78, 5) is 0. The van der Waals surface area contributed by atoms with Gasteiger partial charge in [-0.2, -0.15) is 11.8 Å². The van der Waals surface area contributed by atoms with Crippen LogP contribution in [0.5, 0.6) is 0 Å². The number of allylic oxidation sites excluding steroid dienone is 1. The molecular formula is C8H16OS. The molecule has 0 aromatic rings. The summed E-state index contributed by atoms with van der Waals surface area (Å²) in [6.45, 7) is 5.40. The largest absolute Gasteiger partial charge is 0.381 e. The molecule has 0 saturated heterocycles. The molecule has 0 amide bonds. The number of thioether (sulfide) groups is 1. The number of unbranched alkanes of at least 4 members (excludes halogenated alkanes) is 1. The van der Waals surface area contributed by atoms with Gasteiger partial charge < -0.3 is 4.74 Å². The van der Waals surface area contributed by atoms with Crippen molar-refractivity contribution >= 4 is 11.8 Å². The van der Waals surface area contributed by atoms with Gasteiger partial charge in [-0.3, -0.25) is 0 Å². The summed E-state index contributed by atoms with van der Waals surface area (Å²) >= 11 is 1.82. The maximum Gasteiger partial charge on any atom is 0.0556 e. The minimum atomic E-state index is 0.882. The van der Waals surface area contributed by atoms with Crippen LogP contribution in [-0.4, -0.2) is 25.2 Å². The van der Waals surface area contributed by atoms with Gasteiger partial charge in [0.15, 0.2) is 0 Å². The van der Waals surface area contributed by atoms with Crippen molar-refractivity contribution in [3.05, 3.63) is 12.7 Å². The van der Waals surface area contributed by atoms with E-state index in [2.05, 4.69) is 12.8 Å². The molecule has 0 aromatic heterocycles. The Labute approximate surface area is 67.8 Å². The molecule has 0 rings (SSSR count). The zero-order valence-electron chi connectivity index (χ0n) is 6.64. The van der Waals surface area contributed by atoms with E-state index >= 15 is 0 Å². The Morgan fingerprint density at radius 1 is 1.50 bits per heavy atom. The van der Waals surface area contributed by atoms with E-state index in [0.29, 0.717) is 0 Å². The van der Waals surface area contributed by atoms with Crippen LogP contribution in [0.3, 0.4) is 0 Å². The maximum absolute atomic E-state index is 5.31. The smallest absolute Gasteiger partial charge is 0.0556 e. The monoisotopic (exact) mass is 160 g/mol. The topological polar surface area (TPSA) is 9.23 Å². The van der Waals surface area contributed by atoms with Crippen LogP contribution < -0.4 is 0 Å². The van der Waals surface area contributed by atoms with E-state index in [9.17, 15) is 0 Å². The summed E-state index contributed by atoms with van der Waals surface area (Å²) in [5, 5.41) is 0. The molecule has 0 unspecified atom stereocenters. The average Bonchev–Trinajstić information content (AvgIpc) is 1.97. The van der Waals surface area contributed by atoms with Crippen molar-refractivity contribution in [2.75, 3.05) is 25.2 Å². The number of ether oxygens (including phenoxy) is 1. The molecule has 10 heavy (non-hydrogen) atoms. The quantitative estimate of drug-likeness (QED) is 0.417. The third kappa shape index (κ3) is 8.05.